The van der Waals surface area contributed by atoms with Gasteiger partial charge in [0.05, 0.1) is 13.2 Å². The largest absolute Gasteiger partial charge is 0.508 e. The van der Waals surface area contributed by atoms with Gasteiger partial charge in [0.25, 0.3) is 5.91 Å². The van der Waals surface area contributed by atoms with Gasteiger partial charge in [-0.2, -0.15) is 5.26 Å². The van der Waals surface area contributed by atoms with Gasteiger partial charge in [-0.3, -0.25) is 9.69 Å². The quantitative estimate of drug-likeness (QED) is 0.405. The van der Waals surface area contributed by atoms with E-state index in [0.29, 0.717) is 25.4 Å². The van der Waals surface area contributed by atoms with Crippen LogP contribution in [0.25, 0.3) is 0 Å². The predicted octanol–water partition coefficient (Wildman–Crippen LogP) is 0.660. The summed E-state index contributed by atoms with van der Waals surface area (Å²) in [5.74, 6) is -0.257. The number of hydrogen-bond acceptors (Lipinski definition) is 6. The zero-order valence-corrected chi connectivity index (χ0v) is 12.8. The zero-order chi connectivity index (χ0) is 16.5. The van der Waals surface area contributed by atoms with Crippen LogP contribution < -0.4 is 10.6 Å². The molecule has 0 atom stereocenters. The maximum atomic E-state index is 12.0. The number of morpholine rings is 1. The number of amides is 1. The van der Waals surface area contributed by atoms with Gasteiger partial charge in [-0.1, -0.05) is 0 Å². The molecule has 1 heterocycles. The Kier molecular flexibility index (Phi) is 6.41. The maximum Gasteiger partial charge on any atom is 0.263 e. The van der Waals surface area contributed by atoms with Gasteiger partial charge in [-0.05, 0) is 24.3 Å². The molecule has 7 nitrogen and oxygen atoms in total. The lowest BCUT2D eigenvalue weighted by atomic mass is 10.2. The third-order valence-corrected chi connectivity index (χ3v) is 3.43. The number of phenolic OH excluding ortho intramolecular Hbond substituents is 1. The highest BCUT2D eigenvalue weighted by atomic mass is 16.5. The first-order valence-electron chi connectivity index (χ1n) is 7.43. The lowest BCUT2D eigenvalue weighted by Gasteiger charge is -2.26. The summed E-state index contributed by atoms with van der Waals surface area (Å²) in [5.41, 5.74) is 0.678. The van der Waals surface area contributed by atoms with Crippen LogP contribution in [0.2, 0.25) is 0 Å². The third-order valence-electron chi connectivity index (χ3n) is 3.43. The molecule has 1 aliphatic rings. The average molecular weight is 316 g/mol. The first-order chi connectivity index (χ1) is 11.2. The van der Waals surface area contributed by atoms with Crippen LogP contribution >= 0.6 is 0 Å². The fourth-order valence-electron chi connectivity index (χ4n) is 2.11. The Labute approximate surface area is 135 Å². The number of rotatable bonds is 6. The van der Waals surface area contributed by atoms with Crippen LogP contribution in [-0.4, -0.2) is 55.3 Å². The van der Waals surface area contributed by atoms with Crippen LogP contribution in [0.1, 0.15) is 0 Å². The topological polar surface area (TPSA) is 97.6 Å². The van der Waals surface area contributed by atoms with E-state index in [1.165, 1.54) is 18.3 Å². The summed E-state index contributed by atoms with van der Waals surface area (Å²) in [5, 5.41) is 23.9. The molecule has 1 fully saturated rings. The summed E-state index contributed by atoms with van der Waals surface area (Å²) < 4.78 is 5.26. The van der Waals surface area contributed by atoms with Gasteiger partial charge >= 0.3 is 0 Å². The van der Waals surface area contributed by atoms with Gasteiger partial charge in [0.2, 0.25) is 0 Å². The number of carbonyl (C=O) groups excluding carboxylic acids is 1. The fourth-order valence-corrected chi connectivity index (χ4v) is 2.11. The molecule has 1 amide bonds. The summed E-state index contributed by atoms with van der Waals surface area (Å²) >= 11 is 0. The molecule has 0 aromatic heterocycles. The van der Waals surface area contributed by atoms with Crippen molar-refractivity contribution >= 4 is 11.6 Å². The smallest absolute Gasteiger partial charge is 0.263 e. The molecule has 0 aliphatic carbocycles. The summed E-state index contributed by atoms with van der Waals surface area (Å²) in [6, 6.07) is 8.21. The monoisotopic (exact) mass is 316 g/mol. The van der Waals surface area contributed by atoms with E-state index in [-0.39, 0.29) is 11.3 Å². The minimum atomic E-state index is -0.410. The molecule has 3 N–H and O–H groups in total. The highest BCUT2D eigenvalue weighted by molar-refractivity contribution is 5.97. The summed E-state index contributed by atoms with van der Waals surface area (Å²) in [6.07, 6.45) is 1.36. The van der Waals surface area contributed by atoms with Gasteiger partial charge in [-0.25, -0.2) is 0 Å². The van der Waals surface area contributed by atoms with Crippen molar-refractivity contribution in [3.05, 3.63) is 36.0 Å². The summed E-state index contributed by atoms with van der Waals surface area (Å²) in [6.45, 7) is 4.37. The molecular formula is C16H20N4O3. The van der Waals surface area contributed by atoms with E-state index in [0.717, 1.165) is 19.6 Å². The number of anilines is 1. The highest BCUT2D eigenvalue weighted by Gasteiger charge is 2.12. The second kappa shape index (κ2) is 8.78. The zero-order valence-electron chi connectivity index (χ0n) is 12.8. The first-order valence-corrected chi connectivity index (χ1v) is 7.43. The van der Waals surface area contributed by atoms with Crippen molar-refractivity contribution in [3.63, 3.8) is 0 Å². The van der Waals surface area contributed by atoms with Crippen molar-refractivity contribution in [2.45, 2.75) is 0 Å². The van der Waals surface area contributed by atoms with Crippen molar-refractivity contribution in [3.8, 4) is 11.8 Å². The van der Waals surface area contributed by atoms with Crippen LogP contribution in [-0.2, 0) is 9.53 Å². The van der Waals surface area contributed by atoms with Crippen LogP contribution in [0.5, 0.6) is 5.75 Å². The first kappa shape index (κ1) is 16.8. The second-order valence-corrected chi connectivity index (χ2v) is 5.07. The number of ether oxygens (including phenoxy) is 1. The molecule has 0 spiro atoms. The number of hydrogen-bond donors (Lipinski definition) is 3. The molecule has 0 saturated carbocycles. The van der Waals surface area contributed by atoms with E-state index >= 15 is 0 Å². The number of nitrogens with zero attached hydrogens (tertiary/aromatic N) is 2. The third kappa shape index (κ3) is 5.62. The molecular weight excluding hydrogens is 296 g/mol. The van der Waals surface area contributed by atoms with Gasteiger partial charge in [-0.15, -0.1) is 0 Å². The van der Waals surface area contributed by atoms with E-state index in [4.69, 9.17) is 10.00 Å². The van der Waals surface area contributed by atoms with E-state index in [2.05, 4.69) is 15.5 Å². The van der Waals surface area contributed by atoms with E-state index in [9.17, 15) is 9.90 Å². The molecule has 7 heteroatoms. The molecule has 2 rings (SSSR count). The minimum Gasteiger partial charge on any atom is -0.508 e. The molecule has 23 heavy (non-hydrogen) atoms. The van der Waals surface area contributed by atoms with Crippen LogP contribution in [0, 0.1) is 11.3 Å². The number of carbonyl (C=O) groups is 1. The normalized spacial score (nSPS) is 15.7. The Morgan fingerprint density at radius 1 is 1.35 bits per heavy atom. The number of benzene rings is 1. The van der Waals surface area contributed by atoms with Gasteiger partial charge in [0, 0.05) is 38.1 Å². The van der Waals surface area contributed by atoms with E-state index in [1.807, 2.05) is 6.07 Å². The van der Waals surface area contributed by atoms with Crippen molar-refractivity contribution in [2.24, 2.45) is 0 Å². The number of aromatic hydroxyl groups is 1. The van der Waals surface area contributed by atoms with Crippen molar-refractivity contribution in [1.29, 1.82) is 5.26 Å². The van der Waals surface area contributed by atoms with Crippen molar-refractivity contribution in [2.75, 3.05) is 44.7 Å². The Morgan fingerprint density at radius 2 is 2.04 bits per heavy atom. The Hall–Kier alpha value is -2.56. The lowest BCUT2D eigenvalue weighted by molar-refractivity contribution is -0.117. The fraction of sp³-hybridized carbons (Fsp3) is 0.375. The van der Waals surface area contributed by atoms with E-state index in [1.54, 1.807) is 12.1 Å². The Morgan fingerprint density at radius 3 is 2.70 bits per heavy atom. The minimum absolute atomic E-state index is 0.0000486. The van der Waals surface area contributed by atoms with Crippen molar-refractivity contribution < 1.29 is 14.6 Å². The second-order valence-electron chi connectivity index (χ2n) is 5.07. The highest BCUT2D eigenvalue weighted by Crippen LogP contribution is 2.13. The van der Waals surface area contributed by atoms with Gasteiger partial charge < -0.3 is 20.5 Å². The number of nitrogens with one attached hydrogen (secondary N) is 2. The molecule has 0 radical (unpaired) electrons. The Balaban J connectivity index is 1.79. The molecule has 1 aromatic carbocycles. The van der Waals surface area contributed by atoms with Gasteiger partial charge in [0.1, 0.15) is 17.4 Å². The lowest BCUT2D eigenvalue weighted by Crippen LogP contribution is -2.41. The van der Waals surface area contributed by atoms with Crippen LogP contribution in [0.3, 0.4) is 0 Å². The molecule has 1 aliphatic heterocycles. The predicted molar refractivity (Wildman–Crippen MR) is 85.7 cm³/mol. The van der Waals surface area contributed by atoms with Gasteiger partial charge in [0.15, 0.2) is 0 Å². The molecule has 1 saturated heterocycles. The SMILES string of the molecule is N#C/C(=C/Nc1ccc(O)cc1)C(=O)NCCN1CCOCC1. The molecule has 0 bridgehead atoms. The Bertz CT molecular complexity index is 586. The van der Waals surface area contributed by atoms with E-state index < -0.39 is 5.91 Å². The molecule has 0 unspecified atom stereocenters. The standard InChI is InChI=1S/C16H20N4O3/c17-11-13(12-19-14-1-3-15(21)4-2-14)16(22)18-5-6-20-7-9-23-10-8-20/h1-4,12,19,21H,5-10H2,(H,18,22)/b13-12-. The summed E-state index contributed by atoms with van der Waals surface area (Å²) in [7, 11) is 0. The maximum absolute atomic E-state index is 12.0. The number of phenols is 1. The van der Waals surface area contributed by atoms with Crippen LogP contribution in [0.4, 0.5) is 5.69 Å². The summed E-state index contributed by atoms with van der Waals surface area (Å²) in [4.78, 5) is 14.2. The molecule has 122 valence electrons. The number of nitriles is 1. The van der Waals surface area contributed by atoms with Crippen LogP contribution in [0.15, 0.2) is 36.0 Å². The van der Waals surface area contributed by atoms with Crippen molar-refractivity contribution in [1.82, 2.24) is 10.2 Å². The molecule has 1 aromatic rings. The average Bonchev–Trinajstić information content (AvgIpc) is 2.58.